The molecular formula is C47H51N7O9. The monoisotopic (exact) mass is 857 g/mol. The van der Waals surface area contributed by atoms with Crippen LogP contribution < -0.4 is 15.5 Å². The third kappa shape index (κ3) is 8.31. The van der Waals surface area contributed by atoms with Crippen LogP contribution in [0.1, 0.15) is 93.5 Å². The summed E-state index contributed by atoms with van der Waals surface area (Å²) >= 11 is 0. The molecule has 5 amide bonds. The topological polar surface area (TPSA) is 184 Å². The van der Waals surface area contributed by atoms with Crippen LogP contribution >= 0.6 is 0 Å². The van der Waals surface area contributed by atoms with E-state index in [1.165, 1.54) is 0 Å². The van der Waals surface area contributed by atoms with Crippen molar-refractivity contribution in [2.45, 2.75) is 57.9 Å². The normalized spacial score (nSPS) is 18.0. The van der Waals surface area contributed by atoms with E-state index in [9.17, 15) is 28.8 Å². The van der Waals surface area contributed by atoms with Crippen LogP contribution in [0.25, 0.3) is 15.7 Å². The number of aromatic amines is 1. The SMILES string of the molecule is [C-]#[N+]c1ccc2c3c([nH]c2c1)C(C)(C)c1cc(N2CCN(C(=O)CCOCCOCCOCCNc4cccc5c4C(=O)N(C4CCC(=O)NC4=O)C5=O)CC2)c(CC)cc1C3=O. The fraction of sp³-hybridized carbons (Fsp3) is 0.426. The summed E-state index contributed by atoms with van der Waals surface area (Å²) < 4.78 is 17.0. The summed E-state index contributed by atoms with van der Waals surface area (Å²) in [6.45, 7) is 18.6. The van der Waals surface area contributed by atoms with Gasteiger partial charge in [0.2, 0.25) is 17.7 Å². The number of carbonyl (C=O) groups excluding carboxylic acids is 6. The molecule has 4 aliphatic rings. The van der Waals surface area contributed by atoms with Crippen molar-refractivity contribution in [1.29, 1.82) is 0 Å². The van der Waals surface area contributed by atoms with Gasteiger partial charge >= 0.3 is 0 Å². The molecule has 8 rings (SSSR count). The van der Waals surface area contributed by atoms with E-state index in [0.29, 0.717) is 82.7 Å². The zero-order chi connectivity index (χ0) is 44.4. The van der Waals surface area contributed by atoms with Gasteiger partial charge in [-0.05, 0) is 54.3 Å². The molecule has 1 unspecified atom stereocenters. The minimum atomic E-state index is -1.03. The Morgan fingerprint density at radius 1 is 0.873 bits per heavy atom. The molecule has 16 nitrogen and oxygen atoms in total. The number of piperidine rings is 1. The van der Waals surface area contributed by atoms with Gasteiger partial charge in [0, 0.05) is 78.1 Å². The zero-order valence-electron chi connectivity index (χ0n) is 35.8. The van der Waals surface area contributed by atoms with E-state index in [1.807, 2.05) is 17.0 Å². The number of fused-ring (bicyclic) bond motifs is 5. The quantitative estimate of drug-likeness (QED) is 0.0803. The first-order chi connectivity index (χ1) is 30.4. The Balaban J connectivity index is 0.724. The average Bonchev–Trinajstić information content (AvgIpc) is 3.80. The number of amides is 5. The number of ether oxygens (including phenoxy) is 3. The lowest BCUT2D eigenvalue weighted by molar-refractivity contribution is -0.136. The molecule has 0 spiro atoms. The Hall–Kier alpha value is -6.41. The van der Waals surface area contributed by atoms with E-state index < -0.39 is 35.1 Å². The highest BCUT2D eigenvalue weighted by Crippen LogP contribution is 2.46. The summed E-state index contributed by atoms with van der Waals surface area (Å²) in [5.74, 6) is -2.17. The second kappa shape index (κ2) is 18.1. The Labute approximate surface area is 365 Å². The lowest BCUT2D eigenvalue weighted by Gasteiger charge is -2.39. The summed E-state index contributed by atoms with van der Waals surface area (Å²) in [6, 6.07) is 13.5. The first-order valence-corrected chi connectivity index (χ1v) is 21.5. The highest BCUT2D eigenvalue weighted by atomic mass is 16.5. The van der Waals surface area contributed by atoms with Crippen LogP contribution in [0.4, 0.5) is 17.1 Å². The van der Waals surface area contributed by atoms with Crippen LogP contribution in [-0.4, -0.2) is 129 Å². The third-order valence-electron chi connectivity index (χ3n) is 12.5. The Morgan fingerprint density at radius 2 is 1.60 bits per heavy atom. The number of anilines is 2. The van der Waals surface area contributed by atoms with Crippen molar-refractivity contribution < 1.29 is 43.0 Å². The van der Waals surface area contributed by atoms with E-state index in [4.69, 9.17) is 20.8 Å². The van der Waals surface area contributed by atoms with Gasteiger partial charge in [-0.25, -0.2) is 4.85 Å². The number of nitrogens with one attached hydrogen (secondary N) is 3. The molecule has 4 aromatic rings. The van der Waals surface area contributed by atoms with Crippen molar-refractivity contribution in [2.75, 3.05) is 82.6 Å². The zero-order valence-corrected chi connectivity index (χ0v) is 35.8. The van der Waals surface area contributed by atoms with Gasteiger partial charge in [-0.2, -0.15) is 0 Å². The number of imide groups is 2. The number of nitrogens with zero attached hydrogens (tertiary/aromatic N) is 4. The van der Waals surface area contributed by atoms with Crippen molar-refractivity contribution in [3.05, 3.63) is 99.0 Å². The Kier molecular flexibility index (Phi) is 12.4. The van der Waals surface area contributed by atoms with E-state index in [2.05, 4.69) is 58.3 Å². The summed E-state index contributed by atoms with van der Waals surface area (Å²) in [6.07, 6.45) is 1.18. The standard InChI is InChI=1S/C47H51N7O9/c1-5-28-25-32-33(47(2,3)43-41(42(32)57)30-10-9-29(48-4)26-35(30)50-43)27-37(28)52-15-17-53(18-16-52)39(56)13-19-61-21-23-63-24-22-62-20-14-49-34-8-6-7-31-40(34)46(60)54(45(31)59)36-11-12-38(55)51-44(36)58/h6-10,25-27,36,49-50H,5,11-24H2,1-3H3,(H,51,55,58). The molecule has 3 aromatic carbocycles. The smallest absolute Gasteiger partial charge is 0.264 e. The van der Waals surface area contributed by atoms with Gasteiger partial charge in [0.25, 0.3) is 11.8 Å². The van der Waals surface area contributed by atoms with Crippen molar-refractivity contribution >= 4 is 63.3 Å². The Bertz CT molecular complexity index is 2550. The largest absolute Gasteiger partial charge is 0.382 e. The fourth-order valence-corrected chi connectivity index (χ4v) is 9.12. The number of piperazine rings is 1. The van der Waals surface area contributed by atoms with Crippen molar-refractivity contribution in [1.82, 2.24) is 20.1 Å². The molecule has 0 radical (unpaired) electrons. The molecule has 63 heavy (non-hydrogen) atoms. The molecule has 3 aliphatic heterocycles. The predicted octanol–water partition coefficient (Wildman–Crippen LogP) is 4.75. The van der Waals surface area contributed by atoms with Gasteiger partial charge in [-0.15, -0.1) is 0 Å². The molecule has 1 aromatic heterocycles. The van der Waals surface area contributed by atoms with Crippen LogP contribution in [0.15, 0.2) is 48.5 Å². The average molecular weight is 858 g/mol. The van der Waals surface area contributed by atoms with Gasteiger partial charge in [0.15, 0.2) is 11.5 Å². The summed E-state index contributed by atoms with van der Waals surface area (Å²) in [4.78, 5) is 89.6. The van der Waals surface area contributed by atoms with E-state index in [0.717, 1.165) is 50.3 Å². The van der Waals surface area contributed by atoms with Crippen LogP contribution in [-0.2, 0) is 40.4 Å². The van der Waals surface area contributed by atoms with E-state index in [-0.39, 0.29) is 48.7 Å². The number of hydrogen-bond acceptors (Lipinski definition) is 11. The maximum absolute atomic E-state index is 14.1. The van der Waals surface area contributed by atoms with Crippen molar-refractivity contribution in [3.8, 4) is 0 Å². The minimum absolute atomic E-state index is 0.000189. The molecule has 16 heteroatoms. The van der Waals surface area contributed by atoms with Crippen LogP contribution in [0.2, 0.25) is 0 Å². The molecule has 328 valence electrons. The number of rotatable bonds is 16. The highest BCUT2D eigenvalue weighted by Gasteiger charge is 2.46. The lowest BCUT2D eigenvalue weighted by atomic mass is 9.70. The van der Waals surface area contributed by atoms with Gasteiger partial charge in [-0.3, -0.25) is 39.0 Å². The van der Waals surface area contributed by atoms with E-state index >= 15 is 0 Å². The second-order valence-corrected chi connectivity index (χ2v) is 16.6. The molecule has 2 fully saturated rings. The van der Waals surface area contributed by atoms with Gasteiger partial charge in [0.05, 0.1) is 69.3 Å². The number of hydrogen-bond donors (Lipinski definition) is 3. The van der Waals surface area contributed by atoms with Crippen LogP contribution in [0.3, 0.4) is 0 Å². The molecule has 1 atom stereocenters. The summed E-state index contributed by atoms with van der Waals surface area (Å²) in [7, 11) is 0. The lowest BCUT2D eigenvalue weighted by Crippen LogP contribution is -2.54. The van der Waals surface area contributed by atoms with Crippen molar-refractivity contribution in [2.24, 2.45) is 0 Å². The molecule has 0 bridgehead atoms. The predicted molar refractivity (Wildman–Crippen MR) is 233 cm³/mol. The third-order valence-corrected chi connectivity index (χ3v) is 12.5. The second-order valence-electron chi connectivity index (χ2n) is 16.6. The number of H-pyrrole nitrogens is 1. The maximum Gasteiger partial charge on any atom is 0.264 e. The van der Waals surface area contributed by atoms with E-state index in [1.54, 1.807) is 24.3 Å². The molecule has 0 saturated carbocycles. The van der Waals surface area contributed by atoms with Crippen LogP contribution in [0.5, 0.6) is 0 Å². The van der Waals surface area contributed by atoms with Gasteiger partial charge in [-0.1, -0.05) is 39.0 Å². The Morgan fingerprint density at radius 3 is 2.32 bits per heavy atom. The van der Waals surface area contributed by atoms with Crippen LogP contribution in [0, 0.1) is 6.57 Å². The number of aryl methyl sites for hydroxylation is 1. The summed E-state index contributed by atoms with van der Waals surface area (Å²) in [5, 5.41) is 6.18. The molecule has 1 aliphatic carbocycles. The molecule has 2 saturated heterocycles. The molecule has 3 N–H and O–H groups in total. The maximum atomic E-state index is 14.1. The first kappa shape index (κ1) is 43.2. The molecule has 4 heterocycles. The number of ketones is 1. The number of carbonyl (C=O) groups is 6. The highest BCUT2D eigenvalue weighted by molar-refractivity contribution is 6.25. The fourth-order valence-electron chi connectivity index (χ4n) is 9.12. The number of aromatic nitrogens is 1. The van der Waals surface area contributed by atoms with Crippen molar-refractivity contribution in [3.63, 3.8) is 0 Å². The summed E-state index contributed by atoms with van der Waals surface area (Å²) in [5.41, 5.74) is 7.15. The number of benzene rings is 3. The molecular weight excluding hydrogens is 807 g/mol. The minimum Gasteiger partial charge on any atom is -0.382 e. The van der Waals surface area contributed by atoms with Gasteiger partial charge in [0.1, 0.15) is 6.04 Å². The first-order valence-electron chi connectivity index (χ1n) is 21.5. The van der Waals surface area contributed by atoms with Gasteiger partial charge < -0.3 is 34.3 Å².